The average Bonchev–Trinajstić information content (AvgIpc) is 2.47. The summed E-state index contributed by atoms with van der Waals surface area (Å²) in [5.74, 6) is -0.382. The summed E-state index contributed by atoms with van der Waals surface area (Å²) in [6.07, 6.45) is 5.59. The predicted octanol–water partition coefficient (Wildman–Crippen LogP) is 2.45. The van der Waals surface area contributed by atoms with Gasteiger partial charge in [-0.25, -0.2) is 0 Å². The van der Waals surface area contributed by atoms with E-state index in [-0.39, 0.29) is 24.3 Å². The van der Waals surface area contributed by atoms with Crippen molar-refractivity contribution in [3.63, 3.8) is 0 Å². The van der Waals surface area contributed by atoms with Crippen LogP contribution in [0.3, 0.4) is 0 Å². The van der Waals surface area contributed by atoms with Crippen molar-refractivity contribution in [3.05, 3.63) is 35.4 Å². The van der Waals surface area contributed by atoms with Gasteiger partial charge in [0.2, 0.25) is 11.8 Å². The zero-order chi connectivity index (χ0) is 15.1. The van der Waals surface area contributed by atoms with Gasteiger partial charge in [-0.05, 0) is 25.3 Å². The molecule has 21 heavy (non-hydrogen) atoms. The van der Waals surface area contributed by atoms with Gasteiger partial charge in [-0.2, -0.15) is 0 Å². The number of nitrogens with one attached hydrogen (secondary N) is 2. The van der Waals surface area contributed by atoms with Gasteiger partial charge in [-0.15, -0.1) is 0 Å². The van der Waals surface area contributed by atoms with E-state index in [2.05, 4.69) is 10.6 Å². The van der Waals surface area contributed by atoms with E-state index >= 15 is 0 Å². The third-order valence-electron chi connectivity index (χ3n) is 3.90. The molecule has 0 atom stereocenters. The molecule has 0 aromatic heterocycles. The number of aryl methyl sites for hydroxylation is 1. The minimum atomic E-state index is -0.219. The van der Waals surface area contributed by atoms with Gasteiger partial charge in [0.25, 0.3) is 0 Å². The highest BCUT2D eigenvalue weighted by molar-refractivity contribution is 5.96. The van der Waals surface area contributed by atoms with Crippen LogP contribution in [0.2, 0.25) is 0 Å². The molecule has 0 unspecified atom stereocenters. The Kier molecular flexibility index (Phi) is 5.78. The molecule has 0 bridgehead atoms. The average molecular weight is 288 g/mol. The van der Waals surface area contributed by atoms with E-state index in [0.29, 0.717) is 6.54 Å². The first-order chi connectivity index (χ1) is 10.1. The Balaban J connectivity index is 1.68. The van der Waals surface area contributed by atoms with Crippen LogP contribution in [0.5, 0.6) is 0 Å². The number of carbonyl (C=O) groups excluding carboxylic acids is 2. The van der Waals surface area contributed by atoms with Crippen LogP contribution < -0.4 is 10.6 Å². The van der Waals surface area contributed by atoms with E-state index in [1.54, 1.807) is 0 Å². The summed E-state index contributed by atoms with van der Waals surface area (Å²) < 4.78 is 0. The van der Waals surface area contributed by atoms with E-state index in [4.69, 9.17) is 0 Å². The molecule has 114 valence electrons. The molecule has 4 heteroatoms. The lowest BCUT2D eigenvalue weighted by Gasteiger charge is -2.22. The van der Waals surface area contributed by atoms with E-state index < -0.39 is 0 Å². The maximum Gasteiger partial charge on any atom is 0.229 e. The Morgan fingerprint density at radius 2 is 1.71 bits per heavy atom. The van der Waals surface area contributed by atoms with Gasteiger partial charge in [0.1, 0.15) is 6.42 Å². The number of hydrogen-bond acceptors (Lipinski definition) is 2. The standard InChI is InChI=1S/C17H24N2O2/c1-13-7-9-14(10-8-13)12-18-16(20)11-17(21)19-15-5-3-2-4-6-15/h7-10,15H,2-6,11-12H2,1H3,(H,18,20)(H,19,21). The lowest BCUT2D eigenvalue weighted by molar-refractivity contribution is -0.129. The summed E-state index contributed by atoms with van der Waals surface area (Å²) in [5, 5.41) is 5.74. The summed E-state index contributed by atoms with van der Waals surface area (Å²) in [4.78, 5) is 23.6. The van der Waals surface area contributed by atoms with Crippen LogP contribution in [-0.2, 0) is 16.1 Å². The zero-order valence-corrected chi connectivity index (χ0v) is 12.7. The number of carbonyl (C=O) groups is 2. The molecule has 1 aromatic carbocycles. The first-order valence-corrected chi connectivity index (χ1v) is 7.75. The van der Waals surface area contributed by atoms with E-state index in [0.717, 1.165) is 18.4 Å². The van der Waals surface area contributed by atoms with Gasteiger partial charge in [-0.1, -0.05) is 49.1 Å². The van der Waals surface area contributed by atoms with Gasteiger partial charge >= 0.3 is 0 Å². The lowest BCUT2D eigenvalue weighted by atomic mass is 9.95. The number of benzene rings is 1. The number of hydrogen-bond donors (Lipinski definition) is 2. The zero-order valence-electron chi connectivity index (χ0n) is 12.7. The summed E-state index contributed by atoms with van der Waals surface area (Å²) >= 11 is 0. The first kappa shape index (κ1) is 15.5. The molecule has 0 saturated heterocycles. The molecule has 0 heterocycles. The van der Waals surface area contributed by atoms with Crippen LogP contribution in [0.1, 0.15) is 49.7 Å². The van der Waals surface area contributed by atoms with E-state index in [1.165, 1.54) is 24.8 Å². The molecule has 2 rings (SSSR count). The van der Waals surface area contributed by atoms with Gasteiger partial charge in [0.15, 0.2) is 0 Å². The van der Waals surface area contributed by atoms with Crippen LogP contribution in [0.15, 0.2) is 24.3 Å². The Morgan fingerprint density at radius 1 is 1.05 bits per heavy atom. The molecular weight excluding hydrogens is 264 g/mol. The maximum atomic E-state index is 11.8. The van der Waals surface area contributed by atoms with Crippen LogP contribution >= 0.6 is 0 Å². The molecular formula is C17H24N2O2. The highest BCUT2D eigenvalue weighted by atomic mass is 16.2. The Hall–Kier alpha value is -1.84. The molecule has 2 N–H and O–H groups in total. The first-order valence-electron chi connectivity index (χ1n) is 7.75. The van der Waals surface area contributed by atoms with E-state index in [9.17, 15) is 9.59 Å². The molecule has 1 aliphatic rings. The topological polar surface area (TPSA) is 58.2 Å². The van der Waals surface area contributed by atoms with Gasteiger partial charge in [0.05, 0.1) is 0 Å². The largest absolute Gasteiger partial charge is 0.353 e. The molecule has 0 spiro atoms. The number of amides is 2. The second-order valence-corrected chi connectivity index (χ2v) is 5.84. The molecule has 0 radical (unpaired) electrons. The second-order valence-electron chi connectivity index (χ2n) is 5.84. The van der Waals surface area contributed by atoms with E-state index in [1.807, 2.05) is 31.2 Å². The summed E-state index contributed by atoms with van der Waals surface area (Å²) in [6.45, 7) is 2.49. The van der Waals surface area contributed by atoms with Gasteiger partial charge in [0, 0.05) is 12.6 Å². The highest BCUT2D eigenvalue weighted by Gasteiger charge is 2.17. The highest BCUT2D eigenvalue weighted by Crippen LogP contribution is 2.17. The third kappa shape index (κ3) is 5.58. The van der Waals surface area contributed by atoms with Crippen LogP contribution in [-0.4, -0.2) is 17.9 Å². The lowest BCUT2D eigenvalue weighted by Crippen LogP contribution is -2.39. The fourth-order valence-electron chi connectivity index (χ4n) is 2.64. The molecule has 0 aliphatic heterocycles. The van der Waals surface area contributed by atoms with Crippen molar-refractivity contribution in [3.8, 4) is 0 Å². The summed E-state index contributed by atoms with van der Waals surface area (Å²) in [7, 11) is 0. The van der Waals surface area contributed by atoms with Crippen molar-refractivity contribution in [2.45, 2.75) is 58.0 Å². The van der Waals surface area contributed by atoms with Crippen LogP contribution in [0.4, 0.5) is 0 Å². The molecule has 1 aliphatic carbocycles. The molecule has 4 nitrogen and oxygen atoms in total. The molecule has 1 fully saturated rings. The SMILES string of the molecule is Cc1ccc(CNC(=O)CC(=O)NC2CCCCC2)cc1. The van der Waals surface area contributed by atoms with Crippen molar-refractivity contribution < 1.29 is 9.59 Å². The Bertz CT molecular complexity index is 476. The van der Waals surface area contributed by atoms with Crippen LogP contribution in [0, 0.1) is 6.92 Å². The van der Waals surface area contributed by atoms with Gasteiger partial charge < -0.3 is 10.6 Å². The molecule has 1 saturated carbocycles. The fraction of sp³-hybridized carbons (Fsp3) is 0.529. The van der Waals surface area contributed by atoms with Crippen molar-refractivity contribution in [2.24, 2.45) is 0 Å². The fourth-order valence-corrected chi connectivity index (χ4v) is 2.64. The molecule has 1 aromatic rings. The van der Waals surface area contributed by atoms with Crippen molar-refractivity contribution in [2.75, 3.05) is 0 Å². The normalized spacial score (nSPS) is 15.5. The smallest absolute Gasteiger partial charge is 0.229 e. The quantitative estimate of drug-likeness (QED) is 0.818. The summed E-state index contributed by atoms with van der Waals surface area (Å²) in [5.41, 5.74) is 2.23. The summed E-state index contributed by atoms with van der Waals surface area (Å²) in [6, 6.07) is 8.25. The maximum absolute atomic E-state index is 11.8. The number of rotatable bonds is 5. The second kappa shape index (κ2) is 7.81. The Morgan fingerprint density at radius 3 is 2.38 bits per heavy atom. The van der Waals surface area contributed by atoms with Crippen molar-refractivity contribution in [1.82, 2.24) is 10.6 Å². The van der Waals surface area contributed by atoms with Crippen molar-refractivity contribution >= 4 is 11.8 Å². The van der Waals surface area contributed by atoms with Crippen molar-refractivity contribution in [1.29, 1.82) is 0 Å². The predicted molar refractivity (Wildman–Crippen MR) is 82.7 cm³/mol. The third-order valence-corrected chi connectivity index (χ3v) is 3.90. The van der Waals surface area contributed by atoms with Crippen LogP contribution in [0.25, 0.3) is 0 Å². The molecule has 2 amide bonds. The monoisotopic (exact) mass is 288 g/mol. The Labute approximate surface area is 126 Å². The minimum Gasteiger partial charge on any atom is -0.353 e. The van der Waals surface area contributed by atoms with Gasteiger partial charge in [-0.3, -0.25) is 9.59 Å². The minimum absolute atomic E-state index is 0.0810.